The normalized spacial score (nSPS) is 19.9. The van der Waals surface area contributed by atoms with Crippen LogP contribution in [0.4, 0.5) is 0 Å². The molecule has 1 unspecified atom stereocenters. The minimum Gasteiger partial charge on any atom is -0.303 e. The summed E-state index contributed by atoms with van der Waals surface area (Å²) in [5.41, 5.74) is 2.98. The summed E-state index contributed by atoms with van der Waals surface area (Å²) in [7, 11) is 0. The van der Waals surface area contributed by atoms with Gasteiger partial charge in [0.25, 0.3) is 0 Å². The van der Waals surface area contributed by atoms with Gasteiger partial charge < -0.3 is 5.32 Å². The molecule has 0 radical (unpaired) electrons. The molecule has 0 bridgehead atoms. The van der Waals surface area contributed by atoms with E-state index < -0.39 is 0 Å². The lowest BCUT2D eigenvalue weighted by Gasteiger charge is -2.04. The Labute approximate surface area is 139 Å². The van der Waals surface area contributed by atoms with Gasteiger partial charge in [0.05, 0.1) is 11.0 Å². The van der Waals surface area contributed by atoms with Gasteiger partial charge in [0.15, 0.2) is 5.17 Å². The fourth-order valence-electron chi connectivity index (χ4n) is 2.27. The Morgan fingerprint density at radius 3 is 2.43 bits per heavy atom. The summed E-state index contributed by atoms with van der Waals surface area (Å²) in [6, 6.07) is 19.8. The molecule has 116 valence electrons. The number of carbonyl (C=O) groups is 1. The van der Waals surface area contributed by atoms with Crippen LogP contribution in [0.15, 0.2) is 70.9 Å². The van der Waals surface area contributed by atoms with Crippen molar-refractivity contribution >= 4 is 28.5 Å². The van der Waals surface area contributed by atoms with Crippen LogP contribution in [0.3, 0.4) is 0 Å². The lowest BCUT2D eigenvalue weighted by molar-refractivity contribution is -0.118. The zero-order valence-corrected chi connectivity index (χ0v) is 13.6. The summed E-state index contributed by atoms with van der Waals surface area (Å²) in [5.74, 6) is -0.00910. The van der Waals surface area contributed by atoms with Gasteiger partial charge in [-0.1, -0.05) is 72.4 Å². The number of nitrogens with one attached hydrogen (secondary N) is 1. The number of nitrogens with zero attached hydrogens (tertiary/aromatic N) is 2. The zero-order valence-electron chi connectivity index (χ0n) is 12.8. The van der Waals surface area contributed by atoms with E-state index in [2.05, 4.69) is 15.5 Å². The Kier molecular flexibility index (Phi) is 4.88. The quantitative estimate of drug-likeness (QED) is 0.694. The molecule has 0 aromatic heterocycles. The van der Waals surface area contributed by atoms with Crippen LogP contribution in [-0.4, -0.2) is 22.0 Å². The van der Waals surface area contributed by atoms with Crippen molar-refractivity contribution in [3.63, 3.8) is 0 Å². The van der Waals surface area contributed by atoms with Crippen LogP contribution >= 0.6 is 11.8 Å². The summed E-state index contributed by atoms with van der Waals surface area (Å²) < 4.78 is 0. The van der Waals surface area contributed by atoms with Gasteiger partial charge in [-0.3, -0.25) is 4.79 Å². The highest BCUT2D eigenvalue weighted by Gasteiger charge is 2.30. The fraction of sp³-hybridized carbons (Fsp3) is 0.167. The molecule has 1 heterocycles. The number of carbonyl (C=O) groups excluding carboxylic acids is 1. The van der Waals surface area contributed by atoms with Crippen molar-refractivity contribution in [1.82, 2.24) is 5.32 Å². The minimum absolute atomic E-state index is 0.00910. The third-order valence-corrected chi connectivity index (χ3v) is 4.59. The molecule has 2 aromatic rings. The molecule has 2 aromatic carbocycles. The number of hydrogen-bond acceptors (Lipinski definition) is 4. The van der Waals surface area contributed by atoms with Gasteiger partial charge in [-0.2, -0.15) is 5.10 Å². The summed E-state index contributed by atoms with van der Waals surface area (Å²) in [5, 5.41) is 11.6. The van der Waals surface area contributed by atoms with Crippen molar-refractivity contribution < 1.29 is 4.79 Å². The van der Waals surface area contributed by atoms with Crippen LogP contribution in [0.2, 0.25) is 0 Å². The van der Waals surface area contributed by atoms with Crippen molar-refractivity contribution in [3.05, 3.63) is 71.8 Å². The van der Waals surface area contributed by atoms with Gasteiger partial charge in [0.2, 0.25) is 5.91 Å². The molecule has 1 aliphatic heterocycles. The Bertz CT molecular complexity index is 741. The van der Waals surface area contributed by atoms with E-state index in [0.717, 1.165) is 16.8 Å². The van der Waals surface area contributed by atoms with E-state index in [4.69, 9.17) is 0 Å². The molecule has 4 nitrogen and oxygen atoms in total. The first kappa shape index (κ1) is 15.5. The maximum Gasteiger partial charge on any atom is 0.239 e. The number of amidine groups is 1. The number of hydrogen-bond donors (Lipinski definition) is 1. The molecule has 1 amide bonds. The maximum atomic E-state index is 12.0. The summed E-state index contributed by atoms with van der Waals surface area (Å²) in [6.07, 6.45) is 0.692. The maximum absolute atomic E-state index is 12.0. The second-order valence-electron chi connectivity index (χ2n) is 5.24. The largest absolute Gasteiger partial charge is 0.303 e. The first-order valence-corrected chi connectivity index (χ1v) is 8.29. The van der Waals surface area contributed by atoms with E-state index in [9.17, 15) is 4.79 Å². The van der Waals surface area contributed by atoms with Crippen molar-refractivity contribution in [2.24, 2.45) is 10.2 Å². The molecular formula is C18H17N3OS. The van der Waals surface area contributed by atoms with Gasteiger partial charge in [-0.15, -0.1) is 5.10 Å². The molecule has 5 heteroatoms. The number of benzene rings is 2. The van der Waals surface area contributed by atoms with Crippen LogP contribution in [-0.2, 0) is 11.2 Å². The van der Waals surface area contributed by atoms with Gasteiger partial charge >= 0.3 is 0 Å². The highest BCUT2D eigenvalue weighted by Crippen LogP contribution is 2.23. The fourth-order valence-corrected chi connectivity index (χ4v) is 3.23. The molecule has 1 fully saturated rings. The standard InChI is InChI=1S/C18H17N3OS/c1-13(15-10-6-3-7-11-15)20-21-18-19-17(22)16(23-18)12-14-8-4-2-5-9-14/h2-11,16H,12H2,1H3,(H,19,21,22). The second-order valence-corrected chi connectivity index (χ2v) is 6.43. The monoisotopic (exact) mass is 323 g/mol. The number of thioether (sulfide) groups is 1. The number of rotatable bonds is 4. The van der Waals surface area contributed by atoms with E-state index in [1.807, 2.05) is 67.6 Å². The van der Waals surface area contributed by atoms with Crippen LogP contribution in [0, 0.1) is 0 Å². The summed E-state index contributed by atoms with van der Waals surface area (Å²) in [6.45, 7) is 1.91. The van der Waals surface area contributed by atoms with Gasteiger partial charge in [-0.25, -0.2) is 0 Å². The molecule has 3 rings (SSSR count). The van der Waals surface area contributed by atoms with Crippen LogP contribution in [0.5, 0.6) is 0 Å². The van der Waals surface area contributed by atoms with Crippen molar-refractivity contribution in [1.29, 1.82) is 0 Å². The SMILES string of the molecule is CC(=N/N=C1/NC(=O)C(Cc2ccccc2)S1)c1ccccc1. The number of amides is 1. The molecule has 1 aliphatic rings. The van der Waals surface area contributed by atoms with Gasteiger partial charge in [0, 0.05) is 0 Å². The third-order valence-electron chi connectivity index (χ3n) is 3.52. The lowest BCUT2D eigenvalue weighted by atomic mass is 10.1. The highest BCUT2D eigenvalue weighted by molar-refractivity contribution is 8.15. The average Bonchev–Trinajstić information content (AvgIpc) is 2.94. The Balaban J connectivity index is 1.67. The molecule has 1 saturated heterocycles. The smallest absolute Gasteiger partial charge is 0.239 e. The molecule has 23 heavy (non-hydrogen) atoms. The molecule has 0 saturated carbocycles. The van der Waals surface area contributed by atoms with Crippen LogP contribution < -0.4 is 5.32 Å². The van der Waals surface area contributed by atoms with E-state index in [1.54, 1.807) is 0 Å². The summed E-state index contributed by atoms with van der Waals surface area (Å²) >= 11 is 1.43. The minimum atomic E-state index is -0.150. The zero-order chi connectivity index (χ0) is 16.1. The molecular weight excluding hydrogens is 306 g/mol. The lowest BCUT2D eigenvalue weighted by Crippen LogP contribution is -2.25. The predicted molar refractivity (Wildman–Crippen MR) is 95.8 cm³/mol. The predicted octanol–water partition coefficient (Wildman–Crippen LogP) is 3.24. The molecule has 1 atom stereocenters. The van der Waals surface area contributed by atoms with Gasteiger partial charge in [-0.05, 0) is 24.5 Å². The molecule has 0 aliphatic carbocycles. The first-order valence-electron chi connectivity index (χ1n) is 7.41. The molecule has 0 spiro atoms. The van der Waals surface area contributed by atoms with E-state index >= 15 is 0 Å². The third kappa shape index (κ3) is 4.07. The van der Waals surface area contributed by atoms with Crippen molar-refractivity contribution in [2.45, 2.75) is 18.6 Å². The molecule has 1 N–H and O–H groups in total. The van der Waals surface area contributed by atoms with Crippen LogP contribution in [0.25, 0.3) is 0 Å². The van der Waals surface area contributed by atoms with E-state index in [1.165, 1.54) is 11.8 Å². The Hall–Kier alpha value is -2.40. The van der Waals surface area contributed by atoms with Crippen molar-refractivity contribution in [2.75, 3.05) is 0 Å². The van der Waals surface area contributed by atoms with E-state index in [0.29, 0.717) is 11.6 Å². The highest BCUT2D eigenvalue weighted by atomic mass is 32.2. The van der Waals surface area contributed by atoms with Crippen molar-refractivity contribution in [3.8, 4) is 0 Å². The topological polar surface area (TPSA) is 53.8 Å². The van der Waals surface area contributed by atoms with Gasteiger partial charge in [0.1, 0.15) is 0 Å². The Morgan fingerprint density at radius 2 is 1.74 bits per heavy atom. The Morgan fingerprint density at radius 1 is 1.09 bits per heavy atom. The summed E-state index contributed by atoms with van der Waals surface area (Å²) in [4.78, 5) is 12.0. The van der Waals surface area contributed by atoms with Crippen LogP contribution in [0.1, 0.15) is 18.1 Å². The first-order chi connectivity index (χ1) is 11.2. The average molecular weight is 323 g/mol. The van der Waals surface area contributed by atoms with E-state index in [-0.39, 0.29) is 11.2 Å². The second kappa shape index (κ2) is 7.24.